The Hall–Kier alpha value is -1.13. The summed E-state index contributed by atoms with van der Waals surface area (Å²) in [4.78, 5) is 0. The van der Waals surface area contributed by atoms with Crippen molar-refractivity contribution in [3.63, 3.8) is 0 Å². The number of aliphatic hydroxyl groups is 1. The van der Waals surface area contributed by atoms with Gasteiger partial charge in [0.05, 0.1) is 25.4 Å². The number of aliphatic hydroxyl groups excluding tert-OH is 1. The van der Waals surface area contributed by atoms with Crippen molar-refractivity contribution in [3.05, 3.63) is 29.6 Å². The molecule has 1 aromatic carbocycles. The van der Waals surface area contributed by atoms with Crippen molar-refractivity contribution in [2.75, 3.05) is 18.5 Å². The molecule has 0 radical (unpaired) electrons. The summed E-state index contributed by atoms with van der Waals surface area (Å²) < 4.78 is 18.1. The number of anilines is 1. The Labute approximate surface area is 87.9 Å². The van der Waals surface area contributed by atoms with Crippen molar-refractivity contribution in [2.24, 2.45) is 0 Å². The van der Waals surface area contributed by atoms with E-state index in [0.717, 1.165) is 5.56 Å². The van der Waals surface area contributed by atoms with Crippen LogP contribution >= 0.6 is 0 Å². The second kappa shape index (κ2) is 4.16. The van der Waals surface area contributed by atoms with Crippen LogP contribution in [0.5, 0.6) is 0 Å². The van der Waals surface area contributed by atoms with Crippen molar-refractivity contribution in [2.45, 2.75) is 19.1 Å². The normalized spacial score (nSPS) is 25.5. The van der Waals surface area contributed by atoms with Gasteiger partial charge in [-0.25, -0.2) is 4.39 Å². The second-order valence-corrected chi connectivity index (χ2v) is 3.81. The van der Waals surface area contributed by atoms with Gasteiger partial charge in [0.2, 0.25) is 0 Å². The first-order valence-electron chi connectivity index (χ1n) is 4.95. The molecule has 15 heavy (non-hydrogen) atoms. The Morgan fingerprint density at radius 3 is 2.93 bits per heavy atom. The quantitative estimate of drug-likeness (QED) is 0.775. The van der Waals surface area contributed by atoms with E-state index in [-0.39, 0.29) is 11.9 Å². The molecule has 0 spiro atoms. The fourth-order valence-electron chi connectivity index (χ4n) is 1.63. The van der Waals surface area contributed by atoms with E-state index in [1.165, 1.54) is 12.1 Å². The molecule has 1 aromatic rings. The van der Waals surface area contributed by atoms with Crippen LogP contribution in [0.25, 0.3) is 0 Å². The summed E-state index contributed by atoms with van der Waals surface area (Å²) in [6.45, 7) is 2.69. The highest BCUT2D eigenvalue weighted by atomic mass is 19.1. The third-order valence-corrected chi connectivity index (χ3v) is 2.59. The number of hydrogen-bond donors (Lipinski definition) is 2. The van der Waals surface area contributed by atoms with E-state index in [0.29, 0.717) is 18.9 Å². The lowest BCUT2D eigenvalue weighted by Crippen LogP contribution is -2.32. The monoisotopic (exact) mass is 211 g/mol. The number of halogens is 1. The maximum absolute atomic E-state index is 13.0. The Kier molecular flexibility index (Phi) is 2.88. The smallest absolute Gasteiger partial charge is 0.125 e. The molecule has 1 fully saturated rings. The average molecular weight is 211 g/mol. The Morgan fingerprint density at radius 1 is 1.47 bits per heavy atom. The summed E-state index contributed by atoms with van der Waals surface area (Å²) in [5, 5.41) is 12.6. The van der Waals surface area contributed by atoms with Gasteiger partial charge in [-0.15, -0.1) is 0 Å². The van der Waals surface area contributed by atoms with Gasteiger partial charge in [-0.1, -0.05) is 6.07 Å². The van der Waals surface area contributed by atoms with Gasteiger partial charge in [-0.05, 0) is 24.6 Å². The van der Waals surface area contributed by atoms with Gasteiger partial charge in [-0.3, -0.25) is 0 Å². The zero-order chi connectivity index (χ0) is 10.8. The second-order valence-electron chi connectivity index (χ2n) is 3.81. The summed E-state index contributed by atoms with van der Waals surface area (Å²) in [6.07, 6.45) is -0.521. The van der Waals surface area contributed by atoms with Crippen molar-refractivity contribution < 1.29 is 14.2 Å². The fraction of sp³-hybridized carbons (Fsp3) is 0.455. The maximum atomic E-state index is 13.0. The first kappa shape index (κ1) is 10.4. The molecular formula is C11H14FNO2. The Morgan fingerprint density at radius 2 is 2.27 bits per heavy atom. The SMILES string of the molecule is Cc1ccc(F)cc1N[C@@H]1COC[C@H]1O. The van der Waals surface area contributed by atoms with Gasteiger partial charge in [0.1, 0.15) is 5.82 Å². The molecule has 1 saturated heterocycles. The first-order chi connectivity index (χ1) is 7.16. The fourth-order valence-corrected chi connectivity index (χ4v) is 1.63. The summed E-state index contributed by atoms with van der Waals surface area (Å²) >= 11 is 0. The lowest BCUT2D eigenvalue weighted by molar-refractivity contribution is 0.125. The van der Waals surface area contributed by atoms with Gasteiger partial charge in [-0.2, -0.15) is 0 Å². The minimum atomic E-state index is -0.521. The summed E-state index contributed by atoms with van der Waals surface area (Å²) in [5.41, 5.74) is 1.67. The summed E-state index contributed by atoms with van der Waals surface area (Å²) in [6, 6.07) is 4.41. The standard InChI is InChI=1S/C11H14FNO2/c1-7-2-3-8(12)4-9(7)13-10-5-15-6-11(10)14/h2-4,10-11,13-14H,5-6H2,1H3/t10-,11-/m1/s1. The lowest BCUT2D eigenvalue weighted by atomic mass is 10.1. The molecule has 3 nitrogen and oxygen atoms in total. The molecule has 0 amide bonds. The number of aryl methyl sites for hydroxylation is 1. The highest BCUT2D eigenvalue weighted by Gasteiger charge is 2.26. The third-order valence-electron chi connectivity index (χ3n) is 2.59. The molecule has 0 aliphatic carbocycles. The van der Waals surface area contributed by atoms with E-state index in [9.17, 15) is 9.50 Å². The van der Waals surface area contributed by atoms with Gasteiger partial charge < -0.3 is 15.2 Å². The van der Waals surface area contributed by atoms with E-state index < -0.39 is 6.10 Å². The van der Waals surface area contributed by atoms with E-state index in [4.69, 9.17) is 4.74 Å². The number of benzene rings is 1. The van der Waals surface area contributed by atoms with E-state index in [1.54, 1.807) is 6.07 Å². The van der Waals surface area contributed by atoms with Crippen LogP contribution in [0.3, 0.4) is 0 Å². The zero-order valence-corrected chi connectivity index (χ0v) is 8.53. The van der Waals surface area contributed by atoms with Crippen LogP contribution in [0.15, 0.2) is 18.2 Å². The van der Waals surface area contributed by atoms with E-state index in [1.807, 2.05) is 6.92 Å². The zero-order valence-electron chi connectivity index (χ0n) is 8.53. The van der Waals surface area contributed by atoms with Crippen LogP contribution in [-0.2, 0) is 4.74 Å². The molecule has 0 aromatic heterocycles. The maximum Gasteiger partial charge on any atom is 0.125 e. The average Bonchev–Trinajstić information content (AvgIpc) is 2.58. The number of hydrogen-bond acceptors (Lipinski definition) is 3. The van der Waals surface area contributed by atoms with Gasteiger partial charge in [0.15, 0.2) is 0 Å². The van der Waals surface area contributed by atoms with E-state index >= 15 is 0 Å². The van der Waals surface area contributed by atoms with Gasteiger partial charge in [0.25, 0.3) is 0 Å². The molecule has 1 aliphatic heterocycles. The number of ether oxygens (including phenoxy) is 1. The largest absolute Gasteiger partial charge is 0.388 e. The van der Waals surface area contributed by atoms with Crippen molar-refractivity contribution >= 4 is 5.69 Å². The van der Waals surface area contributed by atoms with Crippen molar-refractivity contribution in [1.29, 1.82) is 0 Å². The molecule has 0 bridgehead atoms. The van der Waals surface area contributed by atoms with Crippen LogP contribution in [0.2, 0.25) is 0 Å². The lowest BCUT2D eigenvalue weighted by Gasteiger charge is -2.17. The topological polar surface area (TPSA) is 41.5 Å². The minimum absolute atomic E-state index is 0.148. The highest BCUT2D eigenvalue weighted by Crippen LogP contribution is 2.19. The molecular weight excluding hydrogens is 197 g/mol. The Bertz CT molecular complexity index is 356. The van der Waals surface area contributed by atoms with Crippen molar-refractivity contribution in [1.82, 2.24) is 0 Å². The number of rotatable bonds is 2. The van der Waals surface area contributed by atoms with Crippen LogP contribution < -0.4 is 5.32 Å². The predicted octanol–water partition coefficient (Wildman–Crippen LogP) is 1.31. The van der Waals surface area contributed by atoms with Crippen molar-refractivity contribution in [3.8, 4) is 0 Å². The molecule has 0 saturated carbocycles. The van der Waals surface area contributed by atoms with Gasteiger partial charge in [0, 0.05) is 5.69 Å². The molecule has 2 rings (SSSR count). The van der Waals surface area contributed by atoms with E-state index in [2.05, 4.69) is 5.32 Å². The molecule has 1 heterocycles. The molecule has 4 heteroatoms. The van der Waals surface area contributed by atoms with Crippen LogP contribution in [0.4, 0.5) is 10.1 Å². The first-order valence-corrected chi connectivity index (χ1v) is 4.95. The summed E-state index contributed by atoms with van der Waals surface area (Å²) in [5.74, 6) is -0.281. The molecule has 2 N–H and O–H groups in total. The molecule has 0 unspecified atom stereocenters. The third kappa shape index (κ3) is 2.27. The molecule has 82 valence electrons. The minimum Gasteiger partial charge on any atom is -0.388 e. The van der Waals surface area contributed by atoms with Crippen LogP contribution in [-0.4, -0.2) is 30.5 Å². The molecule has 2 atom stereocenters. The predicted molar refractivity (Wildman–Crippen MR) is 55.4 cm³/mol. The Balaban J connectivity index is 2.12. The number of nitrogens with one attached hydrogen (secondary N) is 1. The summed E-state index contributed by atoms with van der Waals surface area (Å²) in [7, 11) is 0. The van der Waals surface area contributed by atoms with Crippen LogP contribution in [0.1, 0.15) is 5.56 Å². The van der Waals surface area contributed by atoms with Crippen LogP contribution in [0, 0.1) is 12.7 Å². The molecule has 1 aliphatic rings. The van der Waals surface area contributed by atoms with Gasteiger partial charge >= 0.3 is 0 Å². The highest BCUT2D eigenvalue weighted by molar-refractivity contribution is 5.51.